The maximum Gasteiger partial charge on any atom is 0.119 e. The average Bonchev–Trinajstić information content (AvgIpc) is 2.45. The van der Waals surface area contributed by atoms with E-state index in [1.165, 1.54) is 17.5 Å². The molecule has 0 aromatic heterocycles. The third-order valence-electron chi connectivity index (χ3n) is 2.76. The molecule has 0 aliphatic carbocycles. The first-order valence-corrected chi connectivity index (χ1v) is 7.16. The van der Waals surface area contributed by atoms with Gasteiger partial charge in [-0.25, -0.2) is 4.83 Å². The molecule has 0 saturated carbocycles. The van der Waals surface area contributed by atoms with Gasteiger partial charge in [-0.15, -0.1) is 0 Å². The van der Waals surface area contributed by atoms with Gasteiger partial charge in [-0.3, -0.25) is 0 Å². The zero-order chi connectivity index (χ0) is 14.4. The first-order chi connectivity index (χ1) is 9.67. The molecule has 3 nitrogen and oxygen atoms in total. The van der Waals surface area contributed by atoms with Crippen LogP contribution in [0.3, 0.4) is 0 Å². The van der Waals surface area contributed by atoms with Crippen LogP contribution in [-0.2, 0) is 0 Å². The summed E-state index contributed by atoms with van der Waals surface area (Å²) in [6, 6.07) is 14.3. The largest absolute Gasteiger partial charge is 0.497 e. The number of hydrogen-bond acceptors (Lipinski definition) is 4. The summed E-state index contributed by atoms with van der Waals surface area (Å²) in [6.45, 7) is 4.11. The topological polar surface area (TPSA) is 33.6 Å². The fourth-order valence-corrected chi connectivity index (χ4v) is 2.24. The summed E-state index contributed by atoms with van der Waals surface area (Å²) >= 11 is 1.48. The molecule has 2 aromatic carbocycles. The predicted octanol–water partition coefficient (Wildman–Crippen LogP) is 3.94. The number of ether oxygens (including phenoxy) is 1. The van der Waals surface area contributed by atoms with Gasteiger partial charge in [0.05, 0.1) is 13.3 Å². The minimum Gasteiger partial charge on any atom is -0.497 e. The average molecular weight is 286 g/mol. The van der Waals surface area contributed by atoms with Gasteiger partial charge in [-0.1, -0.05) is 23.8 Å². The van der Waals surface area contributed by atoms with Crippen LogP contribution in [0.4, 0.5) is 0 Å². The van der Waals surface area contributed by atoms with Gasteiger partial charge < -0.3 is 4.74 Å². The van der Waals surface area contributed by atoms with Crippen molar-refractivity contribution in [1.82, 2.24) is 4.83 Å². The molecule has 2 aromatic rings. The third kappa shape index (κ3) is 4.31. The summed E-state index contributed by atoms with van der Waals surface area (Å²) in [4.78, 5) is 4.11. The van der Waals surface area contributed by atoms with E-state index in [4.69, 9.17) is 4.74 Å². The normalized spacial score (nSPS) is 10.8. The molecule has 104 valence electrons. The zero-order valence-corrected chi connectivity index (χ0v) is 12.7. The summed E-state index contributed by atoms with van der Waals surface area (Å²) in [6.07, 6.45) is 1.79. The Bertz CT molecular complexity index is 594. The van der Waals surface area contributed by atoms with Gasteiger partial charge in [0, 0.05) is 16.8 Å². The Balaban J connectivity index is 1.93. The molecule has 0 saturated heterocycles. The molecule has 0 amide bonds. The van der Waals surface area contributed by atoms with Crippen LogP contribution < -0.4 is 9.57 Å². The van der Waals surface area contributed by atoms with Crippen molar-refractivity contribution in [3.8, 4) is 5.75 Å². The predicted molar refractivity (Wildman–Crippen MR) is 85.5 cm³/mol. The van der Waals surface area contributed by atoms with Gasteiger partial charge in [-0.2, -0.15) is 5.10 Å². The highest BCUT2D eigenvalue weighted by molar-refractivity contribution is 7.97. The lowest BCUT2D eigenvalue weighted by Gasteiger charge is -2.03. The lowest BCUT2D eigenvalue weighted by atomic mass is 10.1. The maximum atomic E-state index is 5.24. The lowest BCUT2D eigenvalue weighted by molar-refractivity contribution is 0.414. The number of aryl methyl sites for hydroxylation is 2. The molecule has 0 heterocycles. The maximum absolute atomic E-state index is 5.24. The second-order valence-electron chi connectivity index (χ2n) is 4.55. The van der Waals surface area contributed by atoms with Crippen LogP contribution in [0.1, 0.15) is 16.7 Å². The van der Waals surface area contributed by atoms with E-state index < -0.39 is 0 Å². The molecule has 1 N–H and O–H groups in total. The fraction of sp³-hybridized carbons (Fsp3) is 0.188. The van der Waals surface area contributed by atoms with E-state index in [0.717, 1.165) is 21.8 Å². The fourth-order valence-electron chi connectivity index (χ4n) is 1.76. The number of hydrogen-bond donors (Lipinski definition) is 1. The number of rotatable bonds is 5. The Morgan fingerprint density at radius 3 is 2.50 bits per heavy atom. The lowest BCUT2D eigenvalue weighted by Crippen LogP contribution is -1.94. The Morgan fingerprint density at radius 1 is 1.05 bits per heavy atom. The smallest absolute Gasteiger partial charge is 0.119 e. The molecule has 20 heavy (non-hydrogen) atoms. The number of hydrazone groups is 1. The van der Waals surface area contributed by atoms with Crippen LogP contribution in [0.25, 0.3) is 0 Å². The summed E-state index contributed by atoms with van der Waals surface area (Å²) in [5, 5.41) is 4.21. The number of benzene rings is 2. The highest BCUT2D eigenvalue weighted by Crippen LogP contribution is 2.16. The third-order valence-corrected chi connectivity index (χ3v) is 3.46. The molecule has 0 aliphatic rings. The van der Waals surface area contributed by atoms with E-state index >= 15 is 0 Å². The molecule has 0 radical (unpaired) electrons. The molecule has 0 fully saturated rings. The first-order valence-electron chi connectivity index (χ1n) is 6.34. The van der Waals surface area contributed by atoms with Gasteiger partial charge >= 0.3 is 0 Å². The Morgan fingerprint density at radius 2 is 1.80 bits per heavy atom. The molecular weight excluding hydrogens is 268 g/mol. The summed E-state index contributed by atoms with van der Waals surface area (Å²) in [5.74, 6) is 0.845. The van der Waals surface area contributed by atoms with Crippen LogP contribution >= 0.6 is 11.9 Å². The van der Waals surface area contributed by atoms with Crippen LogP contribution in [0.5, 0.6) is 5.75 Å². The van der Waals surface area contributed by atoms with Gasteiger partial charge in [-0.05, 0) is 49.2 Å². The van der Waals surface area contributed by atoms with E-state index in [1.54, 1.807) is 13.3 Å². The van der Waals surface area contributed by atoms with Crippen LogP contribution in [0.2, 0.25) is 0 Å². The van der Waals surface area contributed by atoms with Crippen molar-refractivity contribution in [2.45, 2.75) is 18.7 Å². The van der Waals surface area contributed by atoms with Crippen LogP contribution in [0, 0.1) is 13.8 Å². The van der Waals surface area contributed by atoms with Crippen molar-refractivity contribution in [1.29, 1.82) is 0 Å². The Hall–Kier alpha value is -1.94. The second kappa shape index (κ2) is 7.01. The minimum absolute atomic E-state index is 0.845. The molecule has 0 bridgehead atoms. The van der Waals surface area contributed by atoms with Crippen LogP contribution in [-0.4, -0.2) is 13.3 Å². The standard InChI is InChI=1S/C16H18N2OS/c1-12-4-6-16(7-5-12)20-18-17-11-14-8-13(2)9-15(10-14)19-3/h4-11,18H,1-3H3. The van der Waals surface area contributed by atoms with Crippen molar-refractivity contribution in [2.24, 2.45) is 5.10 Å². The minimum atomic E-state index is 0.845. The van der Waals surface area contributed by atoms with Crippen molar-refractivity contribution in [3.05, 3.63) is 59.2 Å². The van der Waals surface area contributed by atoms with Gasteiger partial charge in [0.25, 0.3) is 0 Å². The summed E-state index contributed by atoms with van der Waals surface area (Å²) in [5.41, 5.74) is 3.42. The van der Waals surface area contributed by atoms with Crippen molar-refractivity contribution < 1.29 is 4.74 Å². The first kappa shape index (κ1) is 14.5. The van der Waals surface area contributed by atoms with Crippen molar-refractivity contribution >= 4 is 18.2 Å². The molecular formula is C16H18N2OS. The molecule has 0 atom stereocenters. The zero-order valence-electron chi connectivity index (χ0n) is 11.9. The van der Waals surface area contributed by atoms with Gasteiger partial charge in [0.2, 0.25) is 0 Å². The molecule has 2 rings (SSSR count). The second-order valence-corrected chi connectivity index (χ2v) is 5.41. The Labute approximate surface area is 124 Å². The number of methoxy groups -OCH3 is 1. The van der Waals surface area contributed by atoms with Gasteiger partial charge in [0.1, 0.15) is 5.75 Å². The van der Waals surface area contributed by atoms with Crippen LogP contribution in [0.15, 0.2) is 52.5 Å². The van der Waals surface area contributed by atoms with Gasteiger partial charge in [0.15, 0.2) is 0 Å². The van der Waals surface area contributed by atoms with E-state index in [0.29, 0.717) is 0 Å². The molecule has 4 heteroatoms. The molecule has 0 aliphatic heterocycles. The monoisotopic (exact) mass is 286 g/mol. The Kier molecular flexibility index (Phi) is 5.07. The van der Waals surface area contributed by atoms with E-state index in [9.17, 15) is 0 Å². The van der Waals surface area contributed by atoms with E-state index in [-0.39, 0.29) is 0 Å². The quantitative estimate of drug-likeness (QED) is 0.513. The van der Waals surface area contributed by atoms with E-state index in [2.05, 4.69) is 47.2 Å². The number of nitrogens with zero attached hydrogens (tertiary/aromatic N) is 1. The molecule has 0 spiro atoms. The SMILES string of the molecule is COc1cc(C)cc(C=NNSc2ccc(C)cc2)c1. The molecule has 0 unspecified atom stereocenters. The van der Waals surface area contributed by atoms with Crippen molar-refractivity contribution in [3.63, 3.8) is 0 Å². The number of nitrogens with one attached hydrogen (secondary N) is 1. The van der Waals surface area contributed by atoms with E-state index in [1.807, 2.05) is 19.1 Å². The highest BCUT2D eigenvalue weighted by atomic mass is 32.2. The summed E-state index contributed by atoms with van der Waals surface area (Å²) < 4.78 is 5.24. The van der Waals surface area contributed by atoms with Crippen molar-refractivity contribution in [2.75, 3.05) is 7.11 Å². The summed E-state index contributed by atoms with van der Waals surface area (Å²) in [7, 11) is 1.67. The highest BCUT2D eigenvalue weighted by Gasteiger charge is 1.96.